The minimum absolute atomic E-state index is 0.107. The number of allylic oxidation sites excluding steroid dienone is 1. The summed E-state index contributed by atoms with van der Waals surface area (Å²) in [7, 11) is 0. The maximum atomic E-state index is 11.2. The summed E-state index contributed by atoms with van der Waals surface area (Å²) in [4.78, 5) is 11.2. The van der Waals surface area contributed by atoms with E-state index >= 15 is 0 Å². The summed E-state index contributed by atoms with van der Waals surface area (Å²) >= 11 is 0. The van der Waals surface area contributed by atoms with E-state index in [2.05, 4.69) is 30.3 Å². The summed E-state index contributed by atoms with van der Waals surface area (Å²) in [6.45, 7) is 1.41. The van der Waals surface area contributed by atoms with Crippen molar-refractivity contribution in [2.24, 2.45) is 5.92 Å². The molecule has 1 aromatic rings. The SMILES string of the molecule is CC(=O)O[C@@H]1/C=C\[C@@H](C#N)CCCc2ccc(cc2)C1. The molecular formula is C17H19NO2. The van der Waals surface area contributed by atoms with Crippen molar-refractivity contribution in [3.8, 4) is 6.07 Å². The molecule has 2 bridgehead atoms. The maximum absolute atomic E-state index is 11.2. The van der Waals surface area contributed by atoms with Gasteiger partial charge in [0.15, 0.2) is 0 Å². The van der Waals surface area contributed by atoms with Gasteiger partial charge in [0, 0.05) is 13.3 Å². The van der Waals surface area contributed by atoms with Crippen LogP contribution in [0.25, 0.3) is 0 Å². The van der Waals surface area contributed by atoms with E-state index in [0.29, 0.717) is 6.42 Å². The van der Waals surface area contributed by atoms with Crippen LogP contribution < -0.4 is 0 Å². The van der Waals surface area contributed by atoms with Crippen molar-refractivity contribution in [1.29, 1.82) is 5.26 Å². The molecule has 104 valence electrons. The van der Waals surface area contributed by atoms with Crippen molar-refractivity contribution in [1.82, 2.24) is 0 Å². The van der Waals surface area contributed by atoms with Gasteiger partial charge in [0.05, 0.1) is 12.0 Å². The number of hydrogen-bond acceptors (Lipinski definition) is 3. The molecule has 0 aliphatic heterocycles. The fourth-order valence-electron chi connectivity index (χ4n) is 2.42. The van der Waals surface area contributed by atoms with E-state index in [1.807, 2.05) is 12.2 Å². The highest BCUT2D eigenvalue weighted by atomic mass is 16.5. The Morgan fingerprint density at radius 2 is 1.95 bits per heavy atom. The van der Waals surface area contributed by atoms with Gasteiger partial charge < -0.3 is 4.74 Å². The number of hydrogen-bond donors (Lipinski definition) is 0. The predicted octanol–water partition coefficient (Wildman–Crippen LogP) is 3.19. The highest BCUT2D eigenvalue weighted by molar-refractivity contribution is 5.66. The molecular weight excluding hydrogens is 250 g/mol. The first-order valence-corrected chi connectivity index (χ1v) is 7.00. The Morgan fingerprint density at radius 1 is 1.25 bits per heavy atom. The Labute approximate surface area is 119 Å². The molecule has 3 rings (SSSR count). The van der Waals surface area contributed by atoms with Crippen LogP contribution in [0.3, 0.4) is 0 Å². The Balaban J connectivity index is 2.22. The zero-order chi connectivity index (χ0) is 14.4. The summed E-state index contributed by atoms with van der Waals surface area (Å²) < 4.78 is 5.31. The molecule has 2 aliphatic carbocycles. The highest BCUT2D eigenvalue weighted by Crippen LogP contribution is 2.17. The van der Waals surface area contributed by atoms with Crippen LogP contribution in [-0.4, -0.2) is 12.1 Å². The Hall–Kier alpha value is -2.08. The Bertz CT molecular complexity index is 525. The largest absolute Gasteiger partial charge is 0.458 e. The Kier molecular flexibility index (Phi) is 4.95. The average Bonchev–Trinajstić information content (AvgIpc) is 2.41. The smallest absolute Gasteiger partial charge is 0.303 e. The molecule has 3 heteroatoms. The van der Waals surface area contributed by atoms with Crippen LogP contribution in [0.4, 0.5) is 0 Å². The summed E-state index contributed by atoms with van der Waals surface area (Å²) in [5.74, 6) is -0.401. The minimum Gasteiger partial charge on any atom is -0.458 e. The molecule has 0 amide bonds. The molecule has 20 heavy (non-hydrogen) atoms. The van der Waals surface area contributed by atoms with Gasteiger partial charge in [0.25, 0.3) is 0 Å². The van der Waals surface area contributed by atoms with Crippen LogP contribution in [-0.2, 0) is 22.4 Å². The lowest BCUT2D eigenvalue weighted by atomic mass is 9.96. The fourth-order valence-corrected chi connectivity index (χ4v) is 2.42. The second kappa shape index (κ2) is 6.91. The van der Waals surface area contributed by atoms with Crippen LogP contribution in [0.15, 0.2) is 36.4 Å². The number of fused-ring (bicyclic) bond motifs is 8. The van der Waals surface area contributed by atoms with Crippen molar-refractivity contribution in [2.45, 2.75) is 38.7 Å². The molecule has 0 N–H and O–H groups in total. The number of nitrogens with zero attached hydrogens (tertiary/aromatic N) is 1. The van der Waals surface area contributed by atoms with E-state index in [0.717, 1.165) is 24.8 Å². The summed E-state index contributed by atoms with van der Waals surface area (Å²) in [6.07, 6.45) is 6.90. The van der Waals surface area contributed by atoms with E-state index in [9.17, 15) is 4.79 Å². The van der Waals surface area contributed by atoms with E-state index in [1.54, 1.807) is 0 Å². The van der Waals surface area contributed by atoms with Gasteiger partial charge >= 0.3 is 5.97 Å². The molecule has 0 fully saturated rings. The molecule has 2 atom stereocenters. The fraction of sp³-hybridized carbons (Fsp3) is 0.412. The number of benzene rings is 1. The summed E-state index contributed by atoms with van der Waals surface area (Å²) in [5, 5.41) is 9.15. The van der Waals surface area contributed by atoms with Gasteiger partial charge in [0.1, 0.15) is 6.10 Å². The number of carbonyl (C=O) groups is 1. The van der Waals surface area contributed by atoms with Gasteiger partial charge in [-0.2, -0.15) is 5.26 Å². The van der Waals surface area contributed by atoms with Gasteiger partial charge in [0.2, 0.25) is 0 Å². The zero-order valence-electron chi connectivity index (χ0n) is 11.7. The minimum atomic E-state index is -0.298. The Morgan fingerprint density at radius 3 is 2.60 bits per heavy atom. The predicted molar refractivity (Wildman–Crippen MR) is 76.9 cm³/mol. The normalized spacial score (nSPS) is 24.0. The molecule has 1 aromatic carbocycles. The van der Waals surface area contributed by atoms with Crippen molar-refractivity contribution >= 4 is 5.97 Å². The lowest BCUT2D eigenvalue weighted by Crippen LogP contribution is -2.17. The molecule has 2 aliphatic rings. The van der Waals surface area contributed by atoms with E-state index in [4.69, 9.17) is 10.00 Å². The number of ether oxygens (including phenoxy) is 1. The number of carbonyl (C=O) groups excluding carboxylic acids is 1. The third-order valence-corrected chi connectivity index (χ3v) is 3.48. The van der Waals surface area contributed by atoms with Gasteiger partial charge in [-0.1, -0.05) is 30.3 Å². The topological polar surface area (TPSA) is 50.1 Å². The van der Waals surface area contributed by atoms with Crippen LogP contribution in [0.1, 0.15) is 30.9 Å². The molecule has 0 unspecified atom stereocenters. The quantitative estimate of drug-likeness (QED) is 0.581. The van der Waals surface area contributed by atoms with Gasteiger partial charge in [-0.15, -0.1) is 0 Å². The van der Waals surface area contributed by atoms with Crippen LogP contribution >= 0.6 is 0 Å². The summed E-state index contributed by atoms with van der Waals surface area (Å²) in [5.41, 5.74) is 2.43. The van der Waals surface area contributed by atoms with Crippen molar-refractivity contribution < 1.29 is 9.53 Å². The average molecular weight is 269 g/mol. The van der Waals surface area contributed by atoms with Crippen molar-refractivity contribution in [2.75, 3.05) is 0 Å². The van der Waals surface area contributed by atoms with E-state index in [1.165, 1.54) is 12.5 Å². The third kappa shape index (κ3) is 4.24. The number of esters is 1. The molecule has 3 nitrogen and oxygen atoms in total. The van der Waals surface area contributed by atoms with Crippen LogP contribution in [0.2, 0.25) is 0 Å². The highest BCUT2D eigenvalue weighted by Gasteiger charge is 2.12. The van der Waals surface area contributed by atoms with Crippen LogP contribution in [0.5, 0.6) is 0 Å². The van der Waals surface area contributed by atoms with E-state index in [-0.39, 0.29) is 18.0 Å². The van der Waals surface area contributed by atoms with Gasteiger partial charge in [-0.05, 0) is 36.5 Å². The van der Waals surface area contributed by atoms with Crippen molar-refractivity contribution in [3.63, 3.8) is 0 Å². The second-order valence-corrected chi connectivity index (χ2v) is 5.18. The molecule has 0 heterocycles. The first-order valence-electron chi connectivity index (χ1n) is 7.00. The molecule has 0 spiro atoms. The molecule has 0 saturated heterocycles. The lowest BCUT2D eigenvalue weighted by molar-refractivity contribution is -0.144. The van der Waals surface area contributed by atoms with Crippen LogP contribution in [0, 0.1) is 17.2 Å². The molecule has 0 radical (unpaired) electrons. The second-order valence-electron chi connectivity index (χ2n) is 5.18. The first kappa shape index (κ1) is 14.3. The first-order chi connectivity index (χ1) is 9.67. The van der Waals surface area contributed by atoms with Gasteiger partial charge in [-0.3, -0.25) is 4.79 Å². The molecule has 0 saturated carbocycles. The third-order valence-electron chi connectivity index (χ3n) is 3.48. The molecule has 0 aromatic heterocycles. The number of nitriles is 1. The maximum Gasteiger partial charge on any atom is 0.303 e. The van der Waals surface area contributed by atoms with E-state index < -0.39 is 0 Å². The monoisotopic (exact) mass is 269 g/mol. The number of rotatable bonds is 1. The lowest BCUT2D eigenvalue weighted by Gasteiger charge is -2.15. The standard InChI is InChI=1S/C17H19NO2/c1-13(19)20-17-10-9-16(12-18)4-2-3-14-5-7-15(11-17)8-6-14/h5-10,16-17H,2-4,11H2,1H3/b10-9-/t16-,17+/m0/s1. The zero-order valence-corrected chi connectivity index (χ0v) is 11.7. The number of aryl methyl sites for hydroxylation is 1. The van der Waals surface area contributed by atoms with Gasteiger partial charge in [-0.25, -0.2) is 0 Å². The van der Waals surface area contributed by atoms with Crippen molar-refractivity contribution in [3.05, 3.63) is 47.5 Å². The summed E-state index contributed by atoms with van der Waals surface area (Å²) in [6, 6.07) is 10.7.